The molecular formula is C16H17Cl2NO. The molecule has 0 amide bonds. The van der Waals surface area contributed by atoms with Crippen molar-refractivity contribution in [2.45, 2.75) is 32.1 Å². The minimum absolute atomic E-state index is 0.128. The minimum Gasteiger partial charge on any atom is -0.439 e. The zero-order chi connectivity index (χ0) is 14.8. The molecule has 0 saturated heterocycles. The van der Waals surface area contributed by atoms with Gasteiger partial charge in [0.25, 0.3) is 0 Å². The first-order valence-electron chi connectivity index (χ1n) is 6.40. The predicted octanol–water partition coefficient (Wildman–Crippen LogP) is 5.56. The normalized spacial score (nSPS) is 11.4. The summed E-state index contributed by atoms with van der Waals surface area (Å²) in [6.45, 7) is 6.53. The molecule has 20 heavy (non-hydrogen) atoms. The molecule has 1 aromatic heterocycles. The number of rotatable bonds is 3. The molecule has 0 spiro atoms. The number of alkyl halides is 1. The van der Waals surface area contributed by atoms with Crippen molar-refractivity contribution in [3.63, 3.8) is 0 Å². The first-order chi connectivity index (χ1) is 9.40. The van der Waals surface area contributed by atoms with Gasteiger partial charge in [0.05, 0.1) is 16.6 Å². The van der Waals surface area contributed by atoms with E-state index in [9.17, 15) is 0 Å². The molecule has 0 fully saturated rings. The quantitative estimate of drug-likeness (QED) is 0.692. The average Bonchev–Trinajstić information content (AvgIpc) is 2.40. The van der Waals surface area contributed by atoms with Gasteiger partial charge in [-0.1, -0.05) is 44.5 Å². The molecule has 0 atom stereocenters. The Morgan fingerprint density at radius 1 is 1.05 bits per heavy atom. The molecule has 0 bridgehead atoms. The van der Waals surface area contributed by atoms with E-state index in [2.05, 4.69) is 37.9 Å². The van der Waals surface area contributed by atoms with Crippen molar-refractivity contribution in [1.29, 1.82) is 0 Å². The van der Waals surface area contributed by atoms with E-state index in [4.69, 9.17) is 27.9 Å². The molecule has 4 heteroatoms. The number of nitrogens with zero attached hydrogens (tertiary/aromatic N) is 1. The number of aromatic nitrogens is 1. The molecule has 0 aliphatic carbocycles. The van der Waals surface area contributed by atoms with Crippen LogP contribution in [0.3, 0.4) is 0 Å². The van der Waals surface area contributed by atoms with Crippen molar-refractivity contribution in [3.05, 3.63) is 52.7 Å². The van der Waals surface area contributed by atoms with Crippen molar-refractivity contribution in [2.75, 3.05) is 0 Å². The fourth-order valence-corrected chi connectivity index (χ4v) is 2.20. The molecule has 2 rings (SSSR count). The Balaban J connectivity index is 2.18. The van der Waals surface area contributed by atoms with Gasteiger partial charge in [0, 0.05) is 6.07 Å². The lowest BCUT2D eigenvalue weighted by atomic mass is 9.87. The van der Waals surface area contributed by atoms with Gasteiger partial charge in [-0.05, 0) is 29.2 Å². The predicted molar refractivity (Wildman–Crippen MR) is 84.0 cm³/mol. The molecule has 0 aliphatic heterocycles. The summed E-state index contributed by atoms with van der Waals surface area (Å²) in [6, 6.07) is 11.5. The van der Waals surface area contributed by atoms with Crippen LogP contribution in [0.2, 0.25) is 5.02 Å². The maximum absolute atomic E-state index is 5.97. The van der Waals surface area contributed by atoms with E-state index in [1.54, 1.807) is 12.1 Å². The van der Waals surface area contributed by atoms with Crippen LogP contribution in [0.1, 0.15) is 32.0 Å². The lowest BCUT2D eigenvalue weighted by molar-refractivity contribution is 0.460. The van der Waals surface area contributed by atoms with Crippen molar-refractivity contribution >= 4 is 23.2 Å². The molecule has 0 aliphatic rings. The molecule has 106 valence electrons. The monoisotopic (exact) mass is 309 g/mol. The third kappa shape index (κ3) is 3.65. The second-order valence-electron chi connectivity index (χ2n) is 5.59. The Hall–Kier alpha value is -1.25. The Morgan fingerprint density at radius 3 is 2.25 bits per heavy atom. The molecule has 1 aromatic carbocycles. The van der Waals surface area contributed by atoms with Crippen LogP contribution in [-0.2, 0) is 11.3 Å². The summed E-state index contributed by atoms with van der Waals surface area (Å²) in [4.78, 5) is 4.27. The third-order valence-corrected chi connectivity index (χ3v) is 3.56. The average molecular weight is 310 g/mol. The standard InChI is InChI=1S/C16H17Cl2NO/c1-16(2,3)11-4-6-12(7-5-11)20-15-9-8-13(18)14(10-17)19-15/h4-9H,10H2,1-3H3. The van der Waals surface area contributed by atoms with E-state index >= 15 is 0 Å². The lowest BCUT2D eigenvalue weighted by Gasteiger charge is -2.19. The van der Waals surface area contributed by atoms with Crippen molar-refractivity contribution in [1.82, 2.24) is 4.98 Å². The SMILES string of the molecule is CC(C)(C)c1ccc(Oc2ccc(Cl)c(CCl)n2)cc1. The van der Waals surface area contributed by atoms with Gasteiger partial charge >= 0.3 is 0 Å². The van der Waals surface area contributed by atoms with Crippen LogP contribution in [-0.4, -0.2) is 4.98 Å². The zero-order valence-corrected chi connectivity index (χ0v) is 13.3. The van der Waals surface area contributed by atoms with Gasteiger partial charge in [-0.3, -0.25) is 0 Å². The minimum atomic E-state index is 0.128. The second-order valence-corrected chi connectivity index (χ2v) is 6.26. The number of ether oxygens (including phenoxy) is 1. The third-order valence-electron chi connectivity index (χ3n) is 2.96. The van der Waals surface area contributed by atoms with Crippen molar-refractivity contribution < 1.29 is 4.74 Å². The fourth-order valence-electron chi connectivity index (χ4n) is 1.76. The van der Waals surface area contributed by atoms with Crippen LogP contribution in [0.4, 0.5) is 0 Å². The molecule has 0 saturated carbocycles. The second kappa shape index (κ2) is 6.02. The largest absolute Gasteiger partial charge is 0.439 e. The number of benzene rings is 1. The summed E-state index contributed by atoms with van der Waals surface area (Å²) in [5.74, 6) is 1.50. The first-order valence-corrected chi connectivity index (χ1v) is 7.31. The summed E-state index contributed by atoms with van der Waals surface area (Å²) in [5, 5.41) is 0.551. The number of hydrogen-bond acceptors (Lipinski definition) is 2. The smallest absolute Gasteiger partial charge is 0.219 e. The van der Waals surface area contributed by atoms with E-state index in [-0.39, 0.29) is 11.3 Å². The summed E-state index contributed by atoms with van der Waals surface area (Å²) < 4.78 is 5.72. The highest BCUT2D eigenvalue weighted by Gasteiger charge is 2.13. The maximum Gasteiger partial charge on any atom is 0.219 e. The van der Waals surface area contributed by atoms with E-state index < -0.39 is 0 Å². The maximum atomic E-state index is 5.97. The van der Waals surface area contributed by atoms with Gasteiger partial charge < -0.3 is 4.74 Å². The summed E-state index contributed by atoms with van der Waals surface area (Å²) in [5.41, 5.74) is 2.01. The molecular weight excluding hydrogens is 293 g/mol. The highest BCUT2D eigenvalue weighted by Crippen LogP contribution is 2.27. The molecule has 2 nitrogen and oxygen atoms in total. The van der Waals surface area contributed by atoms with Gasteiger partial charge in [0.2, 0.25) is 5.88 Å². The number of pyridine rings is 1. The van der Waals surface area contributed by atoms with Gasteiger partial charge in [-0.2, -0.15) is 0 Å². The van der Waals surface area contributed by atoms with E-state index in [0.717, 1.165) is 5.75 Å². The molecule has 0 radical (unpaired) electrons. The van der Waals surface area contributed by atoms with Crippen molar-refractivity contribution in [2.24, 2.45) is 0 Å². The van der Waals surface area contributed by atoms with Crippen molar-refractivity contribution in [3.8, 4) is 11.6 Å². The van der Waals surface area contributed by atoms with Gasteiger partial charge in [-0.15, -0.1) is 11.6 Å². The number of halogens is 2. The topological polar surface area (TPSA) is 22.1 Å². The lowest BCUT2D eigenvalue weighted by Crippen LogP contribution is -2.10. The Kier molecular flexibility index (Phi) is 4.56. The van der Waals surface area contributed by atoms with Gasteiger partial charge in [-0.25, -0.2) is 4.98 Å². The van der Waals surface area contributed by atoms with Crippen LogP contribution in [0.5, 0.6) is 11.6 Å². The summed E-state index contributed by atoms with van der Waals surface area (Å²) >= 11 is 11.7. The number of hydrogen-bond donors (Lipinski definition) is 0. The Bertz CT molecular complexity index is 588. The zero-order valence-electron chi connectivity index (χ0n) is 11.8. The van der Waals surface area contributed by atoms with E-state index in [1.165, 1.54) is 5.56 Å². The summed E-state index contributed by atoms with van der Waals surface area (Å²) in [6.07, 6.45) is 0. The van der Waals surface area contributed by atoms with Crippen LogP contribution >= 0.6 is 23.2 Å². The molecule has 1 heterocycles. The first kappa shape index (κ1) is 15.1. The van der Waals surface area contributed by atoms with E-state index in [1.807, 2.05) is 12.1 Å². The van der Waals surface area contributed by atoms with Gasteiger partial charge in [0.15, 0.2) is 0 Å². The molecule has 2 aromatic rings. The highest BCUT2D eigenvalue weighted by atomic mass is 35.5. The highest BCUT2D eigenvalue weighted by molar-refractivity contribution is 6.32. The molecule has 0 unspecified atom stereocenters. The Labute approximate surface area is 129 Å². The fraction of sp³-hybridized carbons (Fsp3) is 0.312. The van der Waals surface area contributed by atoms with Crippen LogP contribution < -0.4 is 4.74 Å². The van der Waals surface area contributed by atoms with E-state index in [0.29, 0.717) is 16.6 Å². The molecule has 0 N–H and O–H groups in total. The van der Waals surface area contributed by atoms with Crippen LogP contribution in [0.15, 0.2) is 36.4 Å². The Morgan fingerprint density at radius 2 is 1.70 bits per heavy atom. The van der Waals surface area contributed by atoms with Gasteiger partial charge in [0.1, 0.15) is 5.75 Å². The van der Waals surface area contributed by atoms with Crippen LogP contribution in [0.25, 0.3) is 0 Å². The van der Waals surface area contributed by atoms with Crippen LogP contribution in [0, 0.1) is 0 Å². The summed E-state index contributed by atoms with van der Waals surface area (Å²) in [7, 11) is 0.